The van der Waals surface area contributed by atoms with E-state index >= 15 is 0 Å². The van der Waals surface area contributed by atoms with E-state index in [2.05, 4.69) is 4.98 Å². The van der Waals surface area contributed by atoms with E-state index in [1.807, 2.05) is 18.4 Å². The molecule has 2 amide bonds. The lowest BCUT2D eigenvalue weighted by atomic mass is 10.1. The first kappa shape index (κ1) is 15.3. The van der Waals surface area contributed by atoms with Crippen LogP contribution in [0.3, 0.4) is 0 Å². The molecule has 1 unspecified atom stereocenters. The van der Waals surface area contributed by atoms with Crippen LogP contribution >= 0.6 is 0 Å². The molecule has 23 heavy (non-hydrogen) atoms. The number of fused-ring (bicyclic) bond motifs is 1. The van der Waals surface area contributed by atoms with Gasteiger partial charge in [-0.3, -0.25) is 9.59 Å². The number of carbonyl (C=O) groups excluding carboxylic acids is 2. The summed E-state index contributed by atoms with van der Waals surface area (Å²) in [6, 6.07) is 1.56. The molecular weight excluding hydrogens is 296 g/mol. The lowest BCUT2D eigenvalue weighted by molar-refractivity contribution is 0.0604. The minimum absolute atomic E-state index is 0.140. The molecule has 0 radical (unpaired) electrons. The molecule has 0 fully saturated rings. The first-order valence-corrected chi connectivity index (χ1v) is 7.54. The zero-order chi connectivity index (χ0) is 16.7. The summed E-state index contributed by atoms with van der Waals surface area (Å²) >= 11 is 0. The average Bonchev–Trinajstić information content (AvgIpc) is 3.12. The van der Waals surface area contributed by atoms with E-state index in [0.29, 0.717) is 24.5 Å². The quantitative estimate of drug-likeness (QED) is 0.845. The maximum atomic E-state index is 12.7. The highest BCUT2D eigenvalue weighted by atomic mass is 16.3. The summed E-state index contributed by atoms with van der Waals surface area (Å²) in [5, 5.41) is 0. The highest BCUT2D eigenvalue weighted by Crippen LogP contribution is 2.27. The molecular formula is C16H20N4O3. The van der Waals surface area contributed by atoms with Gasteiger partial charge in [0.05, 0.1) is 12.3 Å². The number of carbonyl (C=O) groups is 2. The molecule has 0 aromatic carbocycles. The molecule has 0 spiro atoms. The summed E-state index contributed by atoms with van der Waals surface area (Å²) in [4.78, 5) is 32.4. The predicted octanol–water partition coefficient (Wildman–Crippen LogP) is 1.70. The molecule has 0 saturated heterocycles. The molecule has 0 N–H and O–H groups in total. The Morgan fingerprint density at radius 1 is 1.35 bits per heavy atom. The smallest absolute Gasteiger partial charge is 0.290 e. The number of aryl methyl sites for hydroxylation is 1. The van der Waals surface area contributed by atoms with Crippen molar-refractivity contribution in [1.29, 1.82) is 0 Å². The molecule has 1 aliphatic rings. The largest absolute Gasteiger partial charge is 0.459 e. The number of hydrogen-bond acceptors (Lipinski definition) is 4. The first-order chi connectivity index (χ1) is 10.9. The Balaban J connectivity index is 1.89. The van der Waals surface area contributed by atoms with Gasteiger partial charge in [0.1, 0.15) is 11.5 Å². The molecule has 7 heteroatoms. The van der Waals surface area contributed by atoms with Crippen molar-refractivity contribution in [2.24, 2.45) is 0 Å². The fourth-order valence-electron chi connectivity index (χ4n) is 2.82. The Hall–Kier alpha value is -2.57. The Morgan fingerprint density at radius 2 is 2.09 bits per heavy atom. The second kappa shape index (κ2) is 5.57. The van der Waals surface area contributed by atoms with E-state index < -0.39 is 0 Å². The van der Waals surface area contributed by atoms with E-state index in [1.165, 1.54) is 11.2 Å². The standard InChI is InChI=1S/C16H20N4O3/c1-10-5-8-23-13(10)16(22)20-7-6-19-9-12(15(21)18(3)4)17-14(19)11(20)2/h5,8-9,11H,6-7H2,1-4H3. The normalized spacial score (nSPS) is 17.0. The van der Waals surface area contributed by atoms with Crippen molar-refractivity contribution in [3.05, 3.63) is 41.4 Å². The summed E-state index contributed by atoms with van der Waals surface area (Å²) < 4.78 is 7.26. The Kier molecular flexibility index (Phi) is 3.71. The molecule has 1 aliphatic heterocycles. The van der Waals surface area contributed by atoms with Gasteiger partial charge < -0.3 is 18.8 Å². The van der Waals surface area contributed by atoms with Crippen LogP contribution < -0.4 is 0 Å². The molecule has 2 aromatic heterocycles. The van der Waals surface area contributed by atoms with Crippen molar-refractivity contribution in [2.75, 3.05) is 20.6 Å². The van der Waals surface area contributed by atoms with Gasteiger partial charge in [0.15, 0.2) is 5.76 Å². The van der Waals surface area contributed by atoms with E-state index in [4.69, 9.17) is 4.42 Å². The monoisotopic (exact) mass is 316 g/mol. The van der Waals surface area contributed by atoms with Crippen LogP contribution in [0.25, 0.3) is 0 Å². The molecule has 7 nitrogen and oxygen atoms in total. The van der Waals surface area contributed by atoms with Crippen molar-refractivity contribution in [3.63, 3.8) is 0 Å². The van der Waals surface area contributed by atoms with Crippen molar-refractivity contribution < 1.29 is 14.0 Å². The molecule has 0 aliphatic carbocycles. The minimum Gasteiger partial charge on any atom is -0.459 e. The molecule has 0 bridgehead atoms. The van der Waals surface area contributed by atoms with E-state index in [0.717, 1.165) is 11.4 Å². The first-order valence-electron chi connectivity index (χ1n) is 7.54. The highest BCUT2D eigenvalue weighted by molar-refractivity contribution is 5.93. The molecule has 1 atom stereocenters. The maximum Gasteiger partial charge on any atom is 0.290 e. The SMILES string of the molecule is Cc1ccoc1C(=O)N1CCn2cc(C(=O)N(C)C)nc2C1C. The van der Waals surface area contributed by atoms with Crippen molar-refractivity contribution >= 4 is 11.8 Å². The summed E-state index contributed by atoms with van der Waals surface area (Å²) in [6.07, 6.45) is 3.28. The number of hydrogen-bond donors (Lipinski definition) is 0. The van der Waals surface area contributed by atoms with Gasteiger partial charge in [0.2, 0.25) is 0 Å². The third-order valence-electron chi connectivity index (χ3n) is 4.17. The van der Waals surface area contributed by atoms with Gasteiger partial charge >= 0.3 is 0 Å². The van der Waals surface area contributed by atoms with Crippen LogP contribution in [0, 0.1) is 6.92 Å². The third-order valence-corrected chi connectivity index (χ3v) is 4.17. The summed E-state index contributed by atoms with van der Waals surface area (Å²) in [6.45, 7) is 4.93. The van der Waals surface area contributed by atoms with Crippen LogP contribution in [0.2, 0.25) is 0 Å². The zero-order valence-electron chi connectivity index (χ0n) is 13.7. The lowest BCUT2D eigenvalue weighted by Crippen LogP contribution is -2.41. The fraction of sp³-hybridized carbons (Fsp3) is 0.438. The highest BCUT2D eigenvalue weighted by Gasteiger charge is 2.33. The van der Waals surface area contributed by atoms with Crippen molar-refractivity contribution in [2.45, 2.75) is 26.4 Å². The molecule has 2 aromatic rings. The van der Waals surface area contributed by atoms with Crippen LogP contribution in [0.5, 0.6) is 0 Å². The second-order valence-corrected chi connectivity index (χ2v) is 5.98. The summed E-state index contributed by atoms with van der Waals surface area (Å²) in [7, 11) is 3.39. The number of aromatic nitrogens is 2. The van der Waals surface area contributed by atoms with Gasteiger partial charge in [0, 0.05) is 38.9 Å². The number of furan rings is 1. The van der Waals surface area contributed by atoms with Crippen LogP contribution in [0.1, 0.15) is 45.4 Å². The van der Waals surface area contributed by atoms with Crippen molar-refractivity contribution in [1.82, 2.24) is 19.4 Å². The zero-order valence-corrected chi connectivity index (χ0v) is 13.7. The van der Waals surface area contributed by atoms with Crippen molar-refractivity contribution in [3.8, 4) is 0 Å². The molecule has 0 saturated carbocycles. The van der Waals surface area contributed by atoms with Gasteiger partial charge in [-0.2, -0.15) is 0 Å². The molecule has 3 rings (SSSR count). The average molecular weight is 316 g/mol. The number of imidazole rings is 1. The number of amides is 2. The molecule has 122 valence electrons. The summed E-state index contributed by atoms with van der Waals surface area (Å²) in [5.74, 6) is 0.800. The van der Waals surface area contributed by atoms with Gasteiger partial charge in [-0.1, -0.05) is 0 Å². The second-order valence-electron chi connectivity index (χ2n) is 5.98. The number of rotatable bonds is 2. The molecule has 3 heterocycles. The van der Waals surface area contributed by atoms with Crippen LogP contribution in [0.15, 0.2) is 22.9 Å². The van der Waals surface area contributed by atoms with E-state index in [9.17, 15) is 9.59 Å². The van der Waals surface area contributed by atoms with E-state index in [1.54, 1.807) is 31.3 Å². The fourth-order valence-corrected chi connectivity index (χ4v) is 2.82. The Morgan fingerprint density at radius 3 is 2.70 bits per heavy atom. The van der Waals surface area contributed by atoms with Gasteiger partial charge in [-0.25, -0.2) is 4.98 Å². The van der Waals surface area contributed by atoms with Crippen LogP contribution in [0.4, 0.5) is 0 Å². The third kappa shape index (κ3) is 2.52. The minimum atomic E-state index is -0.218. The van der Waals surface area contributed by atoms with Gasteiger partial charge in [-0.05, 0) is 19.9 Å². The lowest BCUT2D eigenvalue weighted by Gasteiger charge is -2.33. The topological polar surface area (TPSA) is 71.6 Å². The number of nitrogens with zero attached hydrogens (tertiary/aromatic N) is 4. The van der Waals surface area contributed by atoms with Gasteiger partial charge in [-0.15, -0.1) is 0 Å². The Bertz CT molecular complexity index is 759. The maximum absolute atomic E-state index is 12.7. The Labute approximate surface area is 134 Å². The van der Waals surface area contributed by atoms with E-state index in [-0.39, 0.29) is 17.9 Å². The van der Waals surface area contributed by atoms with Crippen LogP contribution in [-0.2, 0) is 6.54 Å². The summed E-state index contributed by atoms with van der Waals surface area (Å²) in [5.41, 5.74) is 1.22. The van der Waals surface area contributed by atoms with Gasteiger partial charge in [0.25, 0.3) is 11.8 Å². The predicted molar refractivity (Wildman–Crippen MR) is 83.1 cm³/mol. The van der Waals surface area contributed by atoms with Crippen LogP contribution in [-0.4, -0.2) is 51.8 Å².